The van der Waals surface area contributed by atoms with Crippen LogP contribution in [0.25, 0.3) is 0 Å². The van der Waals surface area contributed by atoms with Gasteiger partial charge < -0.3 is 17.3 Å². The number of ether oxygens (including phenoxy) is 3. The molecule has 0 aliphatic rings. The summed E-state index contributed by atoms with van der Waals surface area (Å²) in [6.07, 6.45) is 2.95. The molecule has 0 fully saturated rings. The fourth-order valence-electron chi connectivity index (χ4n) is 3.10. The van der Waals surface area contributed by atoms with Gasteiger partial charge in [0.05, 0.1) is 13.2 Å². The maximum Gasteiger partial charge on any atom is 0.127 e. The number of hydrogen-bond acceptors (Lipinski definition) is 4. The molecule has 0 bridgehead atoms. The van der Waals surface area contributed by atoms with Gasteiger partial charge in [0.2, 0.25) is 0 Å². The summed E-state index contributed by atoms with van der Waals surface area (Å²) in [7, 11) is 0. The maximum atomic E-state index is 5.92. The van der Waals surface area contributed by atoms with Crippen LogP contribution < -0.4 is 9.47 Å². The molecule has 2 aromatic carbocycles. The largest absolute Gasteiger partial charge is 0.494 e. The molecule has 0 saturated heterocycles. The van der Waals surface area contributed by atoms with Crippen molar-refractivity contribution in [2.75, 3.05) is 32.3 Å². The first-order valence-corrected chi connectivity index (χ1v) is 12.3. The van der Waals surface area contributed by atoms with E-state index >= 15 is 0 Å². The predicted molar refractivity (Wildman–Crippen MR) is 136 cm³/mol. The summed E-state index contributed by atoms with van der Waals surface area (Å²) < 4.78 is 22.7. The first-order chi connectivity index (χ1) is 15.0. The van der Waals surface area contributed by atoms with Crippen molar-refractivity contribution in [1.29, 1.82) is 0 Å². The highest BCUT2D eigenvalue weighted by Crippen LogP contribution is 2.33. The van der Waals surface area contributed by atoms with Gasteiger partial charge in [-0.1, -0.05) is 51.5 Å². The van der Waals surface area contributed by atoms with Crippen LogP contribution in [0.4, 0.5) is 0 Å². The molecule has 2 aromatic rings. The van der Waals surface area contributed by atoms with E-state index in [2.05, 4.69) is 45.0 Å². The topological polar surface area (TPSA) is 36.9 Å². The molecule has 31 heavy (non-hydrogen) atoms. The molecule has 0 saturated carbocycles. The lowest BCUT2D eigenvalue weighted by Crippen LogP contribution is -2.24. The standard InChI is InChI=1S/C25H34ClIO4/c1-4-5-16-28-18-24(31-27)19-30-23-13-9-21(10-14-23)25(2,3)20-7-11-22(12-8-20)29-17-6-15-26/h7-14,24H,4-6,15-19H2,1-3H3/t24-/m1/s1. The second kappa shape index (κ2) is 14.2. The summed E-state index contributed by atoms with van der Waals surface area (Å²) in [4.78, 5) is 0. The maximum absolute atomic E-state index is 5.92. The van der Waals surface area contributed by atoms with Gasteiger partial charge in [-0.3, -0.25) is 0 Å². The van der Waals surface area contributed by atoms with Crippen LogP contribution in [-0.2, 0) is 13.2 Å². The molecule has 0 unspecified atom stereocenters. The Hall–Kier alpha value is -1.02. The lowest BCUT2D eigenvalue weighted by Gasteiger charge is -2.26. The van der Waals surface area contributed by atoms with E-state index in [9.17, 15) is 0 Å². The zero-order valence-electron chi connectivity index (χ0n) is 18.7. The molecule has 1 atom stereocenters. The average molecular weight is 561 g/mol. The van der Waals surface area contributed by atoms with Crippen molar-refractivity contribution in [2.45, 2.75) is 51.6 Å². The van der Waals surface area contributed by atoms with Crippen LogP contribution in [0.1, 0.15) is 51.2 Å². The molecule has 6 heteroatoms. The summed E-state index contributed by atoms with van der Waals surface area (Å²) in [6, 6.07) is 16.6. The van der Waals surface area contributed by atoms with E-state index in [0.29, 0.717) is 25.7 Å². The Morgan fingerprint density at radius 2 is 1.42 bits per heavy atom. The van der Waals surface area contributed by atoms with Crippen LogP contribution in [-0.4, -0.2) is 38.4 Å². The van der Waals surface area contributed by atoms with Crippen molar-refractivity contribution in [1.82, 2.24) is 0 Å². The Labute approximate surface area is 206 Å². The van der Waals surface area contributed by atoms with Crippen LogP contribution in [0.2, 0.25) is 0 Å². The fraction of sp³-hybridized carbons (Fsp3) is 0.520. The smallest absolute Gasteiger partial charge is 0.127 e. The predicted octanol–water partition coefficient (Wildman–Crippen LogP) is 6.95. The van der Waals surface area contributed by atoms with E-state index in [4.69, 9.17) is 28.9 Å². The molecule has 2 rings (SSSR count). The van der Waals surface area contributed by atoms with Gasteiger partial charge in [0.15, 0.2) is 0 Å². The second-order valence-corrected chi connectivity index (χ2v) is 8.90. The first-order valence-electron chi connectivity index (χ1n) is 10.9. The number of benzene rings is 2. The SMILES string of the molecule is CCCCOC[C@H](COc1ccc(C(C)(C)c2ccc(OCCCCl)cc2)cc1)OI. The van der Waals surface area contributed by atoms with Gasteiger partial charge >= 0.3 is 0 Å². The third-order valence-corrected chi connectivity index (χ3v) is 6.19. The minimum atomic E-state index is -0.131. The lowest BCUT2D eigenvalue weighted by molar-refractivity contribution is 0.0451. The highest BCUT2D eigenvalue weighted by Gasteiger charge is 2.23. The Kier molecular flexibility index (Phi) is 12.0. The summed E-state index contributed by atoms with van der Waals surface area (Å²) >= 11 is 7.62. The molecule has 0 aromatic heterocycles. The molecule has 0 N–H and O–H groups in total. The Bertz CT molecular complexity index is 734. The third-order valence-electron chi connectivity index (χ3n) is 5.21. The van der Waals surface area contributed by atoms with Gasteiger partial charge in [0, 0.05) is 17.9 Å². The Morgan fingerprint density at radius 1 is 0.839 bits per heavy atom. The van der Waals surface area contributed by atoms with Gasteiger partial charge in [-0.25, -0.2) is 0 Å². The number of hydrogen-bond donors (Lipinski definition) is 0. The van der Waals surface area contributed by atoms with Crippen molar-refractivity contribution in [3.8, 4) is 11.5 Å². The Balaban J connectivity index is 1.91. The van der Waals surface area contributed by atoms with Gasteiger partial charge in [0.25, 0.3) is 0 Å². The van der Waals surface area contributed by atoms with E-state index < -0.39 is 0 Å². The highest BCUT2D eigenvalue weighted by molar-refractivity contribution is 14.1. The molecule has 0 spiro atoms. The summed E-state index contributed by atoms with van der Waals surface area (Å²) in [5.74, 6) is 2.32. The zero-order valence-corrected chi connectivity index (χ0v) is 21.7. The zero-order chi connectivity index (χ0) is 22.5. The monoisotopic (exact) mass is 560 g/mol. The molecule has 4 nitrogen and oxygen atoms in total. The normalized spacial score (nSPS) is 12.5. The van der Waals surface area contributed by atoms with E-state index in [0.717, 1.165) is 37.4 Å². The first kappa shape index (κ1) is 26.2. The summed E-state index contributed by atoms with van der Waals surface area (Å²) in [6.45, 7) is 9.00. The number of rotatable bonds is 15. The van der Waals surface area contributed by atoms with Gasteiger partial charge in [-0.2, -0.15) is 0 Å². The van der Waals surface area contributed by atoms with E-state index in [1.54, 1.807) is 0 Å². The third kappa shape index (κ3) is 8.79. The van der Waals surface area contributed by atoms with Crippen molar-refractivity contribution >= 4 is 34.6 Å². The van der Waals surface area contributed by atoms with Crippen LogP contribution in [0.3, 0.4) is 0 Å². The quantitative estimate of drug-likeness (QED) is 0.134. The molecule has 0 aliphatic carbocycles. The molecular weight excluding hydrogens is 527 g/mol. The fourth-order valence-corrected chi connectivity index (χ4v) is 3.50. The summed E-state index contributed by atoms with van der Waals surface area (Å²) in [5, 5.41) is 0. The van der Waals surface area contributed by atoms with E-state index in [1.807, 2.05) is 47.3 Å². The van der Waals surface area contributed by atoms with E-state index in [-0.39, 0.29) is 11.5 Å². The minimum absolute atomic E-state index is 0.0845. The highest BCUT2D eigenvalue weighted by atomic mass is 127. The molecular formula is C25H34ClIO4. The van der Waals surface area contributed by atoms with Crippen molar-refractivity contribution in [3.63, 3.8) is 0 Å². The second-order valence-electron chi connectivity index (χ2n) is 8.02. The lowest BCUT2D eigenvalue weighted by atomic mass is 9.78. The number of halogens is 2. The number of unbranched alkanes of at least 4 members (excludes halogenated alkanes) is 1. The number of alkyl halides is 1. The summed E-state index contributed by atoms with van der Waals surface area (Å²) in [5.41, 5.74) is 2.32. The van der Waals surface area contributed by atoms with Crippen LogP contribution in [0, 0.1) is 0 Å². The van der Waals surface area contributed by atoms with Crippen LogP contribution in [0.5, 0.6) is 11.5 Å². The van der Waals surface area contributed by atoms with Gasteiger partial charge in [0.1, 0.15) is 47.2 Å². The van der Waals surface area contributed by atoms with Crippen molar-refractivity contribution in [2.24, 2.45) is 0 Å². The van der Waals surface area contributed by atoms with Gasteiger partial charge in [-0.05, 0) is 48.2 Å². The van der Waals surface area contributed by atoms with E-state index in [1.165, 1.54) is 11.1 Å². The van der Waals surface area contributed by atoms with Crippen molar-refractivity contribution < 1.29 is 17.3 Å². The Morgan fingerprint density at radius 3 is 1.94 bits per heavy atom. The minimum Gasteiger partial charge on any atom is -0.494 e. The molecule has 0 heterocycles. The molecule has 0 aliphatic heterocycles. The van der Waals surface area contributed by atoms with Crippen molar-refractivity contribution in [3.05, 3.63) is 59.7 Å². The molecule has 0 amide bonds. The average Bonchev–Trinajstić information content (AvgIpc) is 2.79. The van der Waals surface area contributed by atoms with Gasteiger partial charge in [-0.15, -0.1) is 11.6 Å². The molecule has 172 valence electrons. The van der Waals surface area contributed by atoms with Crippen LogP contribution in [0.15, 0.2) is 48.5 Å². The van der Waals surface area contributed by atoms with Crippen LogP contribution >= 0.6 is 34.6 Å². The molecule has 0 radical (unpaired) electrons.